The van der Waals surface area contributed by atoms with Gasteiger partial charge in [-0.1, -0.05) is 84.4 Å². The third kappa shape index (κ3) is 3.71. The molecule has 4 aromatic rings. The lowest BCUT2D eigenvalue weighted by molar-refractivity contribution is -0.114. The van der Waals surface area contributed by atoms with E-state index in [1.807, 2.05) is 66.7 Å². The molecule has 4 aromatic carbocycles. The Hall–Kier alpha value is -4.40. The molecule has 1 heterocycles. The molecule has 0 saturated heterocycles. The second-order valence-electron chi connectivity index (χ2n) is 7.84. The highest BCUT2D eigenvalue weighted by molar-refractivity contribution is 6.38. The Kier molecular flexibility index (Phi) is 5.59. The second kappa shape index (κ2) is 8.86. The zero-order valence-corrected chi connectivity index (χ0v) is 18.7. The highest BCUT2D eigenvalue weighted by atomic mass is 35.5. The quantitative estimate of drug-likeness (QED) is 0.300. The van der Waals surface area contributed by atoms with E-state index in [-0.39, 0.29) is 17.7 Å². The van der Waals surface area contributed by atoms with Gasteiger partial charge in [-0.2, -0.15) is 5.26 Å². The normalized spacial score (nSPS) is 14.0. The molecule has 0 aromatic heterocycles. The van der Waals surface area contributed by atoms with Gasteiger partial charge in [0.05, 0.1) is 17.8 Å². The van der Waals surface area contributed by atoms with E-state index in [4.69, 9.17) is 11.6 Å². The van der Waals surface area contributed by atoms with Crippen molar-refractivity contribution in [2.45, 2.75) is 6.54 Å². The van der Waals surface area contributed by atoms with Crippen LogP contribution in [0.5, 0.6) is 0 Å². The Morgan fingerprint density at radius 3 is 2.44 bits per heavy atom. The minimum Gasteiger partial charge on any atom is -0.321 e. The Balaban J connectivity index is 1.56. The number of carbonyl (C=O) groups is 2. The zero-order chi connectivity index (χ0) is 23.7. The van der Waals surface area contributed by atoms with Gasteiger partial charge in [0.25, 0.3) is 11.8 Å². The summed E-state index contributed by atoms with van der Waals surface area (Å²) >= 11 is 6.33. The van der Waals surface area contributed by atoms with E-state index in [9.17, 15) is 14.9 Å². The second-order valence-corrected chi connectivity index (χ2v) is 8.25. The molecule has 1 aliphatic heterocycles. The minimum absolute atomic E-state index is 0.0860. The number of carbonyl (C=O) groups excluding carboxylic acids is 2. The van der Waals surface area contributed by atoms with Gasteiger partial charge in [0.1, 0.15) is 11.6 Å². The van der Waals surface area contributed by atoms with Crippen LogP contribution in [0.2, 0.25) is 5.02 Å². The molecule has 1 aliphatic rings. The molecule has 0 fully saturated rings. The van der Waals surface area contributed by atoms with Gasteiger partial charge >= 0.3 is 0 Å². The van der Waals surface area contributed by atoms with Gasteiger partial charge in [0.15, 0.2) is 0 Å². The number of hydrogen-bond donors (Lipinski definition) is 1. The molecule has 0 spiro atoms. The SMILES string of the molecule is N#C/C(C(=O)Nc1cccc2ccccc12)=C1/C(=O)N(Cc2ccccc2Cl)c2ccccc21. The van der Waals surface area contributed by atoms with E-state index in [1.165, 1.54) is 0 Å². The van der Waals surface area contributed by atoms with Gasteiger partial charge in [0.2, 0.25) is 0 Å². The number of para-hydroxylation sites is 1. The number of anilines is 2. The average molecular weight is 464 g/mol. The van der Waals surface area contributed by atoms with E-state index in [2.05, 4.69) is 5.32 Å². The molecule has 0 unspecified atom stereocenters. The van der Waals surface area contributed by atoms with Crippen LogP contribution in [0.4, 0.5) is 11.4 Å². The molecule has 2 amide bonds. The fraction of sp³-hybridized carbons (Fsp3) is 0.0357. The van der Waals surface area contributed by atoms with Crippen LogP contribution in [0.1, 0.15) is 11.1 Å². The first-order chi connectivity index (χ1) is 16.6. The van der Waals surface area contributed by atoms with Crippen molar-refractivity contribution in [3.05, 3.63) is 113 Å². The maximum atomic E-state index is 13.5. The van der Waals surface area contributed by atoms with Gasteiger partial charge in [-0.3, -0.25) is 9.59 Å². The maximum Gasteiger partial charge on any atom is 0.267 e. The lowest BCUT2D eigenvalue weighted by Gasteiger charge is -2.18. The molecule has 34 heavy (non-hydrogen) atoms. The summed E-state index contributed by atoms with van der Waals surface area (Å²) in [5, 5.41) is 15.1. The minimum atomic E-state index is -0.628. The van der Waals surface area contributed by atoms with Crippen LogP contribution in [-0.2, 0) is 16.1 Å². The summed E-state index contributed by atoms with van der Waals surface area (Å²) in [7, 11) is 0. The Morgan fingerprint density at radius 1 is 0.912 bits per heavy atom. The number of benzene rings is 4. The number of halogens is 1. The standard InChI is InChI=1S/C28H18ClN3O2/c29-23-13-5-2-9-19(23)17-32-25-15-6-4-12-21(25)26(28(32)34)22(16-30)27(33)31-24-14-7-10-18-8-1-3-11-20(18)24/h1-15H,17H2,(H,31,33)/b26-22-. The van der Waals surface area contributed by atoms with Gasteiger partial charge in [-0.25, -0.2) is 0 Å². The van der Waals surface area contributed by atoms with Crippen LogP contribution >= 0.6 is 11.6 Å². The molecule has 0 radical (unpaired) electrons. The summed E-state index contributed by atoms with van der Waals surface area (Å²) in [6.07, 6.45) is 0. The zero-order valence-electron chi connectivity index (χ0n) is 18.0. The summed E-state index contributed by atoms with van der Waals surface area (Å²) < 4.78 is 0. The number of amides is 2. The lowest BCUT2D eigenvalue weighted by atomic mass is 10.0. The largest absolute Gasteiger partial charge is 0.321 e. The molecule has 0 aliphatic carbocycles. The Bertz CT molecular complexity index is 1530. The van der Waals surface area contributed by atoms with Crippen LogP contribution < -0.4 is 10.2 Å². The number of fused-ring (bicyclic) bond motifs is 2. The number of hydrogen-bond acceptors (Lipinski definition) is 3. The highest BCUT2D eigenvalue weighted by Crippen LogP contribution is 2.40. The monoisotopic (exact) mass is 463 g/mol. The van der Waals surface area contributed by atoms with Crippen LogP contribution in [-0.4, -0.2) is 11.8 Å². The predicted octanol–water partition coefficient (Wildman–Crippen LogP) is 5.96. The number of nitrogens with one attached hydrogen (secondary N) is 1. The molecule has 164 valence electrons. The van der Waals surface area contributed by atoms with Crippen molar-refractivity contribution in [2.75, 3.05) is 10.2 Å². The smallest absolute Gasteiger partial charge is 0.267 e. The molecular formula is C28H18ClN3O2. The fourth-order valence-corrected chi connectivity index (χ4v) is 4.41. The summed E-state index contributed by atoms with van der Waals surface area (Å²) in [5.74, 6) is -1.04. The molecule has 6 heteroatoms. The maximum absolute atomic E-state index is 13.5. The lowest BCUT2D eigenvalue weighted by Crippen LogP contribution is -2.27. The topological polar surface area (TPSA) is 73.2 Å². The van der Waals surface area contributed by atoms with Gasteiger partial charge in [0, 0.05) is 21.7 Å². The van der Waals surface area contributed by atoms with E-state index < -0.39 is 11.8 Å². The fourth-order valence-electron chi connectivity index (χ4n) is 4.21. The number of nitrogens with zero attached hydrogens (tertiary/aromatic N) is 2. The van der Waals surface area contributed by atoms with Gasteiger partial charge in [-0.05, 0) is 29.1 Å². The molecule has 1 N–H and O–H groups in total. The molecule has 5 rings (SSSR count). The molecule has 5 nitrogen and oxygen atoms in total. The van der Waals surface area contributed by atoms with E-state index in [0.717, 1.165) is 16.3 Å². The van der Waals surface area contributed by atoms with Crippen LogP contribution in [0.25, 0.3) is 16.3 Å². The van der Waals surface area contributed by atoms with Crippen molar-refractivity contribution >= 4 is 51.1 Å². The van der Waals surface area contributed by atoms with Gasteiger partial charge in [-0.15, -0.1) is 0 Å². The number of nitriles is 1. The van der Waals surface area contributed by atoms with Crippen molar-refractivity contribution in [1.82, 2.24) is 0 Å². The first-order valence-corrected chi connectivity index (χ1v) is 11.0. The molecular weight excluding hydrogens is 446 g/mol. The first kappa shape index (κ1) is 21.4. The van der Waals surface area contributed by atoms with Crippen LogP contribution in [0.15, 0.2) is 96.6 Å². The summed E-state index contributed by atoms with van der Waals surface area (Å²) in [6.45, 7) is 0.225. The molecule has 0 saturated carbocycles. The third-order valence-corrected chi connectivity index (χ3v) is 6.20. The van der Waals surface area contributed by atoms with Crippen molar-refractivity contribution in [1.29, 1.82) is 5.26 Å². The predicted molar refractivity (Wildman–Crippen MR) is 134 cm³/mol. The van der Waals surface area contributed by atoms with Crippen LogP contribution in [0, 0.1) is 11.3 Å². The van der Waals surface area contributed by atoms with Crippen molar-refractivity contribution in [3.8, 4) is 6.07 Å². The van der Waals surface area contributed by atoms with E-state index >= 15 is 0 Å². The first-order valence-electron chi connectivity index (χ1n) is 10.7. The van der Waals surface area contributed by atoms with Crippen LogP contribution in [0.3, 0.4) is 0 Å². The molecule has 0 atom stereocenters. The summed E-state index contributed by atoms with van der Waals surface area (Å²) in [6, 6.07) is 29.6. The highest BCUT2D eigenvalue weighted by Gasteiger charge is 2.36. The van der Waals surface area contributed by atoms with Gasteiger partial charge < -0.3 is 10.2 Å². The van der Waals surface area contributed by atoms with E-state index in [0.29, 0.717) is 22.0 Å². The Morgan fingerprint density at radius 2 is 1.62 bits per heavy atom. The summed E-state index contributed by atoms with van der Waals surface area (Å²) in [5.41, 5.74) is 2.38. The number of rotatable bonds is 4. The third-order valence-electron chi connectivity index (χ3n) is 5.84. The Labute approximate surface area is 201 Å². The average Bonchev–Trinajstić information content (AvgIpc) is 3.13. The van der Waals surface area contributed by atoms with Crippen molar-refractivity contribution in [3.63, 3.8) is 0 Å². The molecule has 0 bridgehead atoms. The van der Waals surface area contributed by atoms with Crippen molar-refractivity contribution in [2.24, 2.45) is 0 Å². The van der Waals surface area contributed by atoms with Crippen molar-refractivity contribution < 1.29 is 9.59 Å². The van der Waals surface area contributed by atoms with E-state index in [1.54, 1.807) is 35.2 Å². The summed E-state index contributed by atoms with van der Waals surface area (Å²) in [4.78, 5) is 28.4.